The Bertz CT molecular complexity index is 619. The minimum atomic E-state index is -3.36. The van der Waals surface area contributed by atoms with Gasteiger partial charge in [0.05, 0.1) is 19.5 Å². The number of ether oxygens (including phenoxy) is 1. The van der Waals surface area contributed by atoms with Crippen molar-refractivity contribution in [3.8, 4) is 0 Å². The quantitative estimate of drug-likeness (QED) is 0.596. The number of aromatic nitrogens is 2. The van der Waals surface area contributed by atoms with Crippen LogP contribution in [0.1, 0.15) is 31.3 Å². The van der Waals surface area contributed by atoms with Crippen molar-refractivity contribution in [3.63, 3.8) is 0 Å². The summed E-state index contributed by atoms with van der Waals surface area (Å²) in [5.41, 5.74) is -0.258. The predicted molar refractivity (Wildman–Crippen MR) is 91.1 cm³/mol. The lowest BCUT2D eigenvalue weighted by atomic mass is 10.1. The Hall–Kier alpha value is -1.00. The zero-order valence-electron chi connectivity index (χ0n) is 14.4. The van der Waals surface area contributed by atoms with Gasteiger partial charge in [0.25, 0.3) is 0 Å². The van der Waals surface area contributed by atoms with Crippen molar-refractivity contribution in [1.29, 1.82) is 0 Å². The molecule has 0 aliphatic carbocycles. The number of imidazole rings is 1. The van der Waals surface area contributed by atoms with Gasteiger partial charge in [0.2, 0.25) is 10.0 Å². The van der Waals surface area contributed by atoms with E-state index in [-0.39, 0.29) is 13.2 Å². The van der Waals surface area contributed by atoms with Gasteiger partial charge in [-0.3, -0.25) is 4.90 Å². The molecule has 138 valence electrons. The van der Waals surface area contributed by atoms with Gasteiger partial charge in [-0.25, -0.2) is 18.1 Å². The third kappa shape index (κ3) is 6.48. The molecule has 1 fully saturated rings. The fourth-order valence-corrected chi connectivity index (χ4v) is 3.23. The summed E-state index contributed by atoms with van der Waals surface area (Å²) in [4.78, 5) is 9.74. The van der Waals surface area contributed by atoms with Crippen LogP contribution in [0.2, 0.25) is 0 Å². The fourth-order valence-electron chi connectivity index (χ4n) is 2.70. The number of aromatic amines is 1. The summed E-state index contributed by atoms with van der Waals surface area (Å²) < 4.78 is 30.4. The molecule has 3 N–H and O–H groups in total. The first-order valence-corrected chi connectivity index (χ1v) is 10.2. The van der Waals surface area contributed by atoms with Crippen LogP contribution in [0.3, 0.4) is 0 Å². The minimum absolute atomic E-state index is 0.0624. The van der Waals surface area contributed by atoms with Crippen LogP contribution in [0.4, 0.5) is 0 Å². The van der Waals surface area contributed by atoms with E-state index in [1.165, 1.54) is 0 Å². The van der Waals surface area contributed by atoms with Crippen molar-refractivity contribution in [2.45, 2.75) is 38.3 Å². The normalized spacial score (nSPS) is 23.3. The molecule has 0 spiro atoms. The number of hydrogen-bond acceptors (Lipinski definition) is 6. The summed E-state index contributed by atoms with van der Waals surface area (Å²) in [6.07, 6.45) is 6.06. The minimum Gasteiger partial charge on any atom is -0.385 e. The first-order valence-electron chi connectivity index (χ1n) is 8.29. The van der Waals surface area contributed by atoms with E-state index in [1.54, 1.807) is 0 Å². The lowest BCUT2D eigenvalue weighted by molar-refractivity contribution is -0.0323. The molecule has 0 radical (unpaired) electrons. The van der Waals surface area contributed by atoms with Gasteiger partial charge in [0.1, 0.15) is 11.4 Å². The third-order valence-corrected chi connectivity index (χ3v) is 4.61. The van der Waals surface area contributed by atoms with E-state index in [0.29, 0.717) is 26.2 Å². The van der Waals surface area contributed by atoms with Crippen LogP contribution in [0.5, 0.6) is 0 Å². The van der Waals surface area contributed by atoms with Crippen molar-refractivity contribution in [1.82, 2.24) is 19.6 Å². The van der Waals surface area contributed by atoms with Crippen molar-refractivity contribution >= 4 is 10.0 Å². The number of H-pyrrole nitrogens is 1. The Morgan fingerprint density at radius 2 is 2.33 bits per heavy atom. The van der Waals surface area contributed by atoms with Crippen molar-refractivity contribution in [2.24, 2.45) is 0 Å². The Morgan fingerprint density at radius 1 is 1.54 bits per heavy atom. The maximum Gasteiger partial charge on any atom is 0.208 e. The average Bonchev–Trinajstić information content (AvgIpc) is 2.85. The fraction of sp³-hybridized carbons (Fsp3) is 0.800. The van der Waals surface area contributed by atoms with Gasteiger partial charge >= 0.3 is 0 Å². The van der Waals surface area contributed by atoms with E-state index < -0.39 is 15.6 Å². The maximum absolute atomic E-state index is 11.3. The summed E-state index contributed by atoms with van der Waals surface area (Å²) in [5.74, 6) is 0.979. The van der Waals surface area contributed by atoms with Gasteiger partial charge in [0, 0.05) is 44.5 Å². The average molecular weight is 360 g/mol. The summed E-state index contributed by atoms with van der Waals surface area (Å²) in [5, 5.41) is 10.7. The highest BCUT2D eigenvalue weighted by Gasteiger charge is 2.33. The first-order chi connectivity index (χ1) is 11.3. The molecule has 8 nitrogen and oxygen atoms in total. The molecule has 1 aliphatic heterocycles. The highest BCUT2D eigenvalue weighted by Crippen LogP contribution is 2.14. The van der Waals surface area contributed by atoms with Gasteiger partial charge in [-0.05, 0) is 6.42 Å². The molecule has 0 saturated carbocycles. The standard InChI is InChI=1S/C15H28N4O4S/c1-3-4-5-14-16-8-13(18-14)9-19-6-7-23-12-15(20,11-19)10-17-24(2,21)22/h8,17,20H,3-7,9-12H2,1-2H3,(H,16,18)/t15-/m1/s1. The van der Waals surface area contributed by atoms with E-state index in [2.05, 4.69) is 21.6 Å². The number of nitrogens with one attached hydrogen (secondary N) is 2. The molecular formula is C15H28N4O4S. The zero-order valence-corrected chi connectivity index (χ0v) is 15.2. The topological polar surface area (TPSA) is 108 Å². The molecule has 1 aromatic rings. The van der Waals surface area contributed by atoms with Gasteiger partial charge in [-0.2, -0.15) is 0 Å². The smallest absolute Gasteiger partial charge is 0.208 e. The molecule has 0 aromatic carbocycles. The molecule has 0 unspecified atom stereocenters. The van der Waals surface area contributed by atoms with E-state index in [1.807, 2.05) is 11.1 Å². The number of rotatable bonds is 8. The summed E-state index contributed by atoms with van der Waals surface area (Å²) >= 11 is 0. The predicted octanol–water partition coefficient (Wildman–Crippen LogP) is -0.135. The van der Waals surface area contributed by atoms with Crippen LogP contribution in [-0.2, 0) is 27.7 Å². The Balaban J connectivity index is 1.95. The largest absolute Gasteiger partial charge is 0.385 e. The first kappa shape index (κ1) is 19.3. The highest BCUT2D eigenvalue weighted by atomic mass is 32.2. The molecule has 1 aromatic heterocycles. The summed E-state index contributed by atoms with van der Waals surface area (Å²) in [6.45, 7) is 4.31. The van der Waals surface area contributed by atoms with Gasteiger partial charge in [0.15, 0.2) is 0 Å². The molecule has 1 saturated heterocycles. The van der Waals surface area contributed by atoms with Crippen LogP contribution in [-0.4, -0.2) is 73.1 Å². The second-order valence-corrected chi connectivity index (χ2v) is 8.37. The molecule has 2 heterocycles. The maximum atomic E-state index is 11.3. The van der Waals surface area contributed by atoms with Gasteiger partial charge < -0.3 is 14.8 Å². The van der Waals surface area contributed by atoms with Crippen LogP contribution in [0.25, 0.3) is 0 Å². The van der Waals surface area contributed by atoms with E-state index in [0.717, 1.165) is 37.0 Å². The zero-order chi connectivity index (χ0) is 17.6. The van der Waals surface area contributed by atoms with Crippen molar-refractivity contribution in [2.75, 3.05) is 39.1 Å². The lowest BCUT2D eigenvalue weighted by Crippen LogP contribution is -2.52. The summed E-state index contributed by atoms with van der Waals surface area (Å²) in [6, 6.07) is 0. The molecule has 2 rings (SSSR count). The number of aliphatic hydroxyl groups is 1. The second kappa shape index (κ2) is 8.39. The molecule has 0 bridgehead atoms. The van der Waals surface area contributed by atoms with Crippen LogP contribution in [0.15, 0.2) is 6.20 Å². The molecular weight excluding hydrogens is 332 g/mol. The number of hydrogen-bond donors (Lipinski definition) is 3. The van der Waals surface area contributed by atoms with Crippen LogP contribution >= 0.6 is 0 Å². The van der Waals surface area contributed by atoms with Crippen molar-refractivity contribution in [3.05, 3.63) is 17.7 Å². The van der Waals surface area contributed by atoms with Crippen LogP contribution in [0, 0.1) is 0 Å². The molecule has 24 heavy (non-hydrogen) atoms. The molecule has 0 amide bonds. The highest BCUT2D eigenvalue weighted by molar-refractivity contribution is 7.88. The van der Waals surface area contributed by atoms with Gasteiger partial charge in [-0.1, -0.05) is 13.3 Å². The Labute approximate surface area is 143 Å². The van der Waals surface area contributed by atoms with Crippen LogP contribution < -0.4 is 4.72 Å². The summed E-state index contributed by atoms with van der Waals surface area (Å²) in [7, 11) is -3.36. The molecule has 1 atom stereocenters. The van der Waals surface area contributed by atoms with E-state index in [4.69, 9.17) is 4.74 Å². The Morgan fingerprint density at radius 3 is 3.04 bits per heavy atom. The number of nitrogens with zero attached hydrogens (tertiary/aromatic N) is 2. The number of unbranched alkanes of at least 4 members (excludes halogenated alkanes) is 1. The number of aryl methyl sites for hydroxylation is 1. The van der Waals surface area contributed by atoms with E-state index >= 15 is 0 Å². The Kier molecular flexibility index (Phi) is 6.76. The molecule has 1 aliphatic rings. The van der Waals surface area contributed by atoms with Crippen molar-refractivity contribution < 1.29 is 18.3 Å². The number of sulfonamides is 1. The van der Waals surface area contributed by atoms with Gasteiger partial charge in [-0.15, -0.1) is 0 Å². The SMILES string of the molecule is CCCCc1ncc(CN2CCOC[C@@](O)(CNS(C)(=O)=O)C2)[nH]1. The van der Waals surface area contributed by atoms with E-state index in [9.17, 15) is 13.5 Å². The monoisotopic (exact) mass is 360 g/mol. The molecule has 9 heteroatoms. The second-order valence-electron chi connectivity index (χ2n) is 6.54. The lowest BCUT2D eigenvalue weighted by Gasteiger charge is -2.30. The number of β-amino-alcohol motifs (C(OH)–C–C–N with tert-alkyl or cyclic N) is 1. The third-order valence-electron chi connectivity index (χ3n) is 3.95.